The quantitative estimate of drug-likeness (QED) is 0.195. The SMILES string of the molecule is CCNC(=NCC(C)(O)c1cnn(C)c1)NCCCCN(CC)CC.I. The summed E-state index contributed by atoms with van der Waals surface area (Å²) in [7, 11) is 1.84. The molecular formula is C18H37IN6O. The summed E-state index contributed by atoms with van der Waals surface area (Å²) in [6, 6.07) is 0. The van der Waals surface area contributed by atoms with Crippen LogP contribution in [-0.2, 0) is 12.6 Å². The standard InChI is InChI=1S/C18H36N6O.HI/c1-6-19-17(20-11-9-10-12-24(7-2)8-3)21-15-18(4,25)16-13-22-23(5)14-16;/h13-14,25H,6-12,15H2,1-5H3,(H2,19,20,21);1H. The molecule has 0 amide bonds. The molecule has 1 aromatic heterocycles. The summed E-state index contributed by atoms with van der Waals surface area (Å²) in [5.74, 6) is 0.745. The van der Waals surface area contributed by atoms with Gasteiger partial charge in [0.2, 0.25) is 0 Å². The number of unbranched alkanes of at least 4 members (excludes halogenated alkanes) is 1. The highest BCUT2D eigenvalue weighted by Crippen LogP contribution is 2.19. The number of aliphatic imine (C=N–C) groups is 1. The molecule has 0 spiro atoms. The second-order valence-electron chi connectivity index (χ2n) is 6.53. The first-order valence-electron chi connectivity index (χ1n) is 9.39. The van der Waals surface area contributed by atoms with Crippen LogP contribution < -0.4 is 10.6 Å². The normalized spacial score (nSPS) is 14.0. The minimum atomic E-state index is -1.03. The van der Waals surface area contributed by atoms with E-state index in [2.05, 4.69) is 39.5 Å². The zero-order valence-electron chi connectivity index (χ0n) is 17.0. The summed E-state index contributed by atoms with van der Waals surface area (Å²) in [6.07, 6.45) is 5.77. The van der Waals surface area contributed by atoms with Crippen LogP contribution in [-0.4, -0.2) is 65.0 Å². The topological polar surface area (TPSA) is 77.7 Å². The lowest BCUT2D eigenvalue weighted by Gasteiger charge is -2.21. The van der Waals surface area contributed by atoms with Gasteiger partial charge < -0.3 is 20.6 Å². The minimum Gasteiger partial charge on any atom is -0.383 e. The van der Waals surface area contributed by atoms with Gasteiger partial charge in [0.05, 0.1) is 12.7 Å². The van der Waals surface area contributed by atoms with Gasteiger partial charge in [-0.2, -0.15) is 5.10 Å². The Morgan fingerprint density at radius 2 is 1.96 bits per heavy atom. The number of hydrogen-bond donors (Lipinski definition) is 3. The highest BCUT2D eigenvalue weighted by atomic mass is 127. The number of halogens is 1. The number of nitrogens with zero attached hydrogens (tertiary/aromatic N) is 4. The first-order chi connectivity index (χ1) is 11.9. The minimum absolute atomic E-state index is 0. The van der Waals surface area contributed by atoms with E-state index in [4.69, 9.17) is 0 Å². The predicted molar refractivity (Wildman–Crippen MR) is 119 cm³/mol. The molecule has 1 atom stereocenters. The van der Waals surface area contributed by atoms with Crippen molar-refractivity contribution in [3.05, 3.63) is 18.0 Å². The molecule has 1 rings (SSSR count). The number of guanidine groups is 1. The van der Waals surface area contributed by atoms with Gasteiger partial charge in [0.15, 0.2) is 5.96 Å². The van der Waals surface area contributed by atoms with Crippen LogP contribution in [0.15, 0.2) is 17.4 Å². The van der Waals surface area contributed by atoms with Gasteiger partial charge in [0.1, 0.15) is 5.60 Å². The van der Waals surface area contributed by atoms with Crippen LogP contribution in [0.5, 0.6) is 0 Å². The molecule has 0 bridgehead atoms. The Hall–Kier alpha value is -0.870. The maximum Gasteiger partial charge on any atom is 0.191 e. The van der Waals surface area contributed by atoms with Gasteiger partial charge in [-0.3, -0.25) is 4.68 Å². The Balaban J connectivity index is 0.00000625. The van der Waals surface area contributed by atoms with E-state index in [1.165, 1.54) is 6.42 Å². The predicted octanol–water partition coefficient (Wildman–Crippen LogP) is 1.92. The van der Waals surface area contributed by atoms with Crippen LogP contribution in [0, 0.1) is 0 Å². The molecule has 3 N–H and O–H groups in total. The Labute approximate surface area is 175 Å². The molecule has 0 aliphatic carbocycles. The van der Waals surface area contributed by atoms with Crippen LogP contribution in [0.25, 0.3) is 0 Å². The number of rotatable bonds is 11. The lowest BCUT2D eigenvalue weighted by Crippen LogP contribution is -2.39. The van der Waals surface area contributed by atoms with Crippen molar-refractivity contribution in [2.24, 2.45) is 12.0 Å². The molecule has 0 aliphatic heterocycles. The van der Waals surface area contributed by atoms with Crippen LogP contribution in [0.4, 0.5) is 0 Å². The molecule has 1 heterocycles. The fourth-order valence-electron chi connectivity index (χ4n) is 2.57. The van der Waals surface area contributed by atoms with Crippen molar-refractivity contribution in [1.29, 1.82) is 0 Å². The van der Waals surface area contributed by atoms with Crippen molar-refractivity contribution in [2.75, 3.05) is 39.3 Å². The summed E-state index contributed by atoms with van der Waals surface area (Å²) in [4.78, 5) is 6.97. The lowest BCUT2D eigenvalue weighted by molar-refractivity contribution is 0.0672. The molecule has 1 unspecified atom stereocenters. The van der Waals surface area contributed by atoms with E-state index in [1.807, 2.05) is 20.2 Å². The number of aliphatic hydroxyl groups is 1. The van der Waals surface area contributed by atoms with Gasteiger partial charge in [-0.15, -0.1) is 24.0 Å². The maximum absolute atomic E-state index is 10.6. The molecule has 0 radical (unpaired) electrons. The largest absolute Gasteiger partial charge is 0.383 e. The average Bonchev–Trinajstić information content (AvgIpc) is 3.03. The molecule has 7 nitrogen and oxygen atoms in total. The molecule has 0 fully saturated rings. The number of nitrogens with one attached hydrogen (secondary N) is 2. The van der Waals surface area contributed by atoms with E-state index in [9.17, 15) is 5.11 Å². The first kappa shape index (κ1) is 25.1. The van der Waals surface area contributed by atoms with Gasteiger partial charge in [-0.1, -0.05) is 13.8 Å². The van der Waals surface area contributed by atoms with Gasteiger partial charge in [0.25, 0.3) is 0 Å². The Kier molecular flexibility index (Phi) is 12.9. The van der Waals surface area contributed by atoms with Gasteiger partial charge in [-0.25, -0.2) is 4.99 Å². The van der Waals surface area contributed by atoms with E-state index in [0.717, 1.165) is 50.7 Å². The number of hydrogen-bond acceptors (Lipinski definition) is 4. The molecule has 1 aromatic rings. The van der Waals surface area contributed by atoms with E-state index in [-0.39, 0.29) is 30.5 Å². The van der Waals surface area contributed by atoms with Gasteiger partial charge >= 0.3 is 0 Å². The summed E-state index contributed by atoms with van der Waals surface area (Å²) >= 11 is 0. The Bertz CT molecular complexity index is 514. The van der Waals surface area contributed by atoms with E-state index in [0.29, 0.717) is 0 Å². The van der Waals surface area contributed by atoms with Crippen molar-refractivity contribution in [3.8, 4) is 0 Å². The van der Waals surface area contributed by atoms with Crippen molar-refractivity contribution in [3.63, 3.8) is 0 Å². The molecule has 0 saturated carbocycles. The second-order valence-corrected chi connectivity index (χ2v) is 6.53. The average molecular weight is 480 g/mol. The highest BCUT2D eigenvalue weighted by Gasteiger charge is 2.24. The second kappa shape index (κ2) is 13.3. The zero-order valence-corrected chi connectivity index (χ0v) is 19.3. The third kappa shape index (κ3) is 9.18. The summed E-state index contributed by atoms with van der Waals surface area (Å²) < 4.78 is 1.69. The third-order valence-electron chi connectivity index (χ3n) is 4.30. The van der Waals surface area contributed by atoms with Crippen LogP contribution in [0.2, 0.25) is 0 Å². The van der Waals surface area contributed by atoms with E-state index < -0.39 is 5.60 Å². The third-order valence-corrected chi connectivity index (χ3v) is 4.30. The first-order valence-corrected chi connectivity index (χ1v) is 9.39. The molecular weight excluding hydrogens is 443 g/mol. The molecule has 0 aromatic carbocycles. The van der Waals surface area contributed by atoms with E-state index in [1.54, 1.807) is 17.8 Å². The van der Waals surface area contributed by atoms with Crippen molar-refractivity contribution < 1.29 is 5.11 Å². The fraction of sp³-hybridized carbons (Fsp3) is 0.778. The maximum atomic E-state index is 10.6. The molecule has 152 valence electrons. The van der Waals surface area contributed by atoms with Crippen molar-refractivity contribution >= 4 is 29.9 Å². The van der Waals surface area contributed by atoms with Crippen molar-refractivity contribution in [2.45, 2.75) is 46.1 Å². The van der Waals surface area contributed by atoms with E-state index >= 15 is 0 Å². The molecule has 0 aliphatic rings. The van der Waals surface area contributed by atoms with Gasteiger partial charge in [-0.05, 0) is 46.3 Å². The lowest BCUT2D eigenvalue weighted by atomic mass is 10.0. The molecule has 8 heteroatoms. The molecule has 26 heavy (non-hydrogen) atoms. The smallest absolute Gasteiger partial charge is 0.191 e. The zero-order chi connectivity index (χ0) is 18.7. The fourth-order valence-corrected chi connectivity index (χ4v) is 2.57. The van der Waals surface area contributed by atoms with Gasteiger partial charge in [0, 0.05) is 31.9 Å². The van der Waals surface area contributed by atoms with Crippen molar-refractivity contribution in [1.82, 2.24) is 25.3 Å². The van der Waals surface area contributed by atoms with Crippen LogP contribution in [0.1, 0.15) is 46.1 Å². The summed E-state index contributed by atoms with van der Waals surface area (Å²) in [6.45, 7) is 13.5. The molecule has 0 saturated heterocycles. The summed E-state index contributed by atoms with van der Waals surface area (Å²) in [5.41, 5.74) is -0.256. The Morgan fingerprint density at radius 1 is 1.27 bits per heavy atom. The Morgan fingerprint density at radius 3 is 2.50 bits per heavy atom. The number of aromatic nitrogens is 2. The number of aryl methyl sites for hydroxylation is 1. The van der Waals surface area contributed by atoms with Crippen LogP contribution in [0.3, 0.4) is 0 Å². The highest BCUT2D eigenvalue weighted by molar-refractivity contribution is 14.0. The summed E-state index contributed by atoms with van der Waals surface area (Å²) in [5, 5.41) is 21.3. The monoisotopic (exact) mass is 480 g/mol. The van der Waals surface area contributed by atoms with Crippen LogP contribution >= 0.6 is 24.0 Å².